The number of amides is 2. The van der Waals surface area contributed by atoms with Crippen molar-refractivity contribution >= 4 is 40.8 Å². The summed E-state index contributed by atoms with van der Waals surface area (Å²) in [5, 5.41) is 7.03. The van der Waals surface area contributed by atoms with E-state index in [1.54, 1.807) is 25.1 Å². The molecule has 3 rings (SSSR count). The van der Waals surface area contributed by atoms with Gasteiger partial charge < -0.3 is 19.5 Å². The molecule has 1 fully saturated rings. The van der Waals surface area contributed by atoms with Gasteiger partial charge in [0.25, 0.3) is 5.91 Å². The smallest absolute Gasteiger partial charge is 0.254 e. The first-order chi connectivity index (χ1) is 13.9. The summed E-state index contributed by atoms with van der Waals surface area (Å²) in [6, 6.07) is 6.27. The Labute approximate surface area is 178 Å². The van der Waals surface area contributed by atoms with Gasteiger partial charge in [-0.3, -0.25) is 14.5 Å². The Bertz CT molecular complexity index is 868. The lowest BCUT2D eigenvalue weighted by Crippen LogP contribution is -2.45. The number of hydrogen-bond acceptors (Lipinski definition) is 6. The quantitative estimate of drug-likeness (QED) is 0.711. The SMILES string of the molecule is Cc1cc(NC(=O)CN(CCN2CCOCC2)C(=O)c2ccc(Cl)c(Cl)c2)no1. The van der Waals surface area contributed by atoms with Gasteiger partial charge in [-0.2, -0.15) is 0 Å². The van der Waals surface area contributed by atoms with Crippen LogP contribution in [0.2, 0.25) is 10.0 Å². The lowest BCUT2D eigenvalue weighted by Gasteiger charge is -2.30. The highest BCUT2D eigenvalue weighted by molar-refractivity contribution is 6.42. The van der Waals surface area contributed by atoms with Crippen LogP contribution in [-0.2, 0) is 9.53 Å². The number of rotatable bonds is 7. The van der Waals surface area contributed by atoms with Crippen molar-refractivity contribution in [2.75, 3.05) is 51.3 Å². The van der Waals surface area contributed by atoms with Gasteiger partial charge in [-0.25, -0.2) is 0 Å². The summed E-state index contributed by atoms with van der Waals surface area (Å²) < 4.78 is 10.3. The number of carbonyl (C=O) groups excluding carboxylic acids is 2. The third-order valence-corrected chi connectivity index (χ3v) is 5.21. The van der Waals surface area contributed by atoms with Crippen molar-refractivity contribution in [1.82, 2.24) is 15.0 Å². The molecule has 29 heavy (non-hydrogen) atoms. The van der Waals surface area contributed by atoms with Gasteiger partial charge in [0.05, 0.1) is 23.3 Å². The van der Waals surface area contributed by atoms with Crippen LogP contribution in [0.1, 0.15) is 16.1 Å². The molecule has 1 saturated heterocycles. The van der Waals surface area contributed by atoms with Gasteiger partial charge in [-0.05, 0) is 25.1 Å². The largest absolute Gasteiger partial charge is 0.379 e. The van der Waals surface area contributed by atoms with E-state index in [0.29, 0.717) is 48.5 Å². The summed E-state index contributed by atoms with van der Waals surface area (Å²) in [5.41, 5.74) is 0.367. The van der Waals surface area contributed by atoms with Crippen LogP contribution in [0.5, 0.6) is 0 Å². The van der Waals surface area contributed by atoms with E-state index in [0.717, 1.165) is 13.1 Å². The van der Waals surface area contributed by atoms with E-state index in [9.17, 15) is 9.59 Å². The molecule has 0 atom stereocenters. The molecule has 1 N–H and O–H groups in total. The number of nitrogens with one attached hydrogen (secondary N) is 1. The van der Waals surface area contributed by atoms with Crippen LogP contribution in [0.3, 0.4) is 0 Å². The van der Waals surface area contributed by atoms with Crippen LogP contribution in [0.25, 0.3) is 0 Å². The van der Waals surface area contributed by atoms with Crippen molar-refractivity contribution in [3.8, 4) is 0 Å². The molecule has 2 amide bonds. The zero-order chi connectivity index (χ0) is 20.8. The topological polar surface area (TPSA) is 87.9 Å². The minimum Gasteiger partial charge on any atom is -0.379 e. The molecule has 0 radical (unpaired) electrons. The van der Waals surface area contributed by atoms with Crippen molar-refractivity contribution in [3.63, 3.8) is 0 Å². The summed E-state index contributed by atoms with van der Waals surface area (Å²) in [7, 11) is 0. The maximum atomic E-state index is 13.0. The fourth-order valence-corrected chi connectivity index (χ4v) is 3.23. The summed E-state index contributed by atoms with van der Waals surface area (Å²) in [4.78, 5) is 29.2. The molecule has 0 unspecified atom stereocenters. The Kier molecular flexibility index (Phi) is 7.49. The third-order valence-electron chi connectivity index (χ3n) is 4.47. The number of anilines is 1. The van der Waals surface area contributed by atoms with Gasteiger partial charge in [-0.1, -0.05) is 28.4 Å². The van der Waals surface area contributed by atoms with E-state index in [4.69, 9.17) is 32.5 Å². The third kappa shape index (κ3) is 6.17. The molecule has 1 aromatic carbocycles. The van der Waals surface area contributed by atoms with E-state index >= 15 is 0 Å². The average Bonchev–Trinajstić information content (AvgIpc) is 3.12. The van der Waals surface area contributed by atoms with Crippen molar-refractivity contribution in [2.24, 2.45) is 0 Å². The second-order valence-electron chi connectivity index (χ2n) is 6.68. The number of ether oxygens (including phenoxy) is 1. The average molecular weight is 441 g/mol. The van der Waals surface area contributed by atoms with E-state index < -0.39 is 0 Å². The molecule has 10 heteroatoms. The van der Waals surface area contributed by atoms with Gasteiger partial charge in [0.2, 0.25) is 5.91 Å². The zero-order valence-electron chi connectivity index (χ0n) is 16.0. The molecule has 156 valence electrons. The first-order valence-electron chi connectivity index (χ1n) is 9.20. The minimum absolute atomic E-state index is 0.130. The lowest BCUT2D eigenvalue weighted by atomic mass is 10.2. The molecule has 0 saturated carbocycles. The Morgan fingerprint density at radius 3 is 2.62 bits per heavy atom. The summed E-state index contributed by atoms with van der Waals surface area (Å²) >= 11 is 12.0. The Morgan fingerprint density at radius 1 is 1.21 bits per heavy atom. The van der Waals surface area contributed by atoms with Crippen LogP contribution in [0, 0.1) is 6.92 Å². The molecule has 1 aliphatic rings. The number of aryl methyl sites for hydroxylation is 1. The number of carbonyl (C=O) groups is 2. The Morgan fingerprint density at radius 2 is 1.97 bits per heavy atom. The number of aromatic nitrogens is 1. The van der Waals surface area contributed by atoms with Gasteiger partial charge in [0.15, 0.2) is 5.82 Å². The molecular formula is C19H22Cl2N4O4. The standard InChI is InChI=1S/C19H22Cl2N4O4/c1-13-10-17(23-29-13)22-18(26)12-25(5-4-24-6-8-28-9-7-24)19(27)14-2-3-15(20)16(21)11-14/h2-3,10-11H,4-9,12H2,1H3,(H,22,23,26). The molecule has 0 bridgehead atoms. The van der Waals surface area contributed by atoms with Gasteiger partial charge in [0.1, 0.15) is 12.3 Å². The maximum Gasteiger partial charge on any atom is 0.254 e. The number of morpholine rings is 1. The Hall–Kier alpha value is -2.13. The van der Waals surface area contributed by atoms with E-state index in [-0.39, 0.29) is 23.4 Å². The highest BCUT2D eigenvalue weighted by atomic mass is 35.5. The van der Waals surface area contributed by atoms with E-state index in [2.05, 4.69) is 15.4 Å². The van der Waals surface area contributed by atoms with Crippen molar-refractivity contribution in [3.05, 3.63) is 45.6 Å². The van der Waals surface area contributed by atoms with Gasteiger partial charge in [0, 0.05) is 37.8 Å². The number of halogens is 2. The maximum absolute atomic E-state index is 13.0. The first-order valence-corrected chi connectivity index (χ1v) is 9.95. The van der Waals surface area contributed by atoms with Crippen LogP contribution in [0.4, 0.5) is 5.82 Å². The number of nitrogens with zero attached hydrogens (tertiary/aromatic N) is 3. The van der Waals surface area contributed by atoms with Gasteiger partial charge >= 0.3 is 0 Å². The van der Waals surface area contributed by atoms with Crippen molar-refractivity contribution in [2.45, 2.75) is 6.92 Å². The molecule has 1 aliphatic heterocycles. The summed E-state index contributed by atoms with van der Waals surface area (Å²) in [6.45, 7) is 5.51. The predicted octanol–water partition coefficient (Wildman–Crippen LogP) is 2.70. The first kappa shape index (κ1) is 21.6. The summed E-state index contributed by atoms with van der Waals surface area (Å²) in [6.07, 6.45) is 0. The Balaban J connectivity index is 1.69. The molecular weight excluding hydrogens is 419 g/mol. The molecule has 2 aromatic rings. The highest BCUT2D eigenvalue weighted by Crippen LogP contribution is 2.23. The fourth-order valence-electron chi connectivity index (χ4n) is 2.93. The molecule has 0 aliphatic carbocycles. The van der Waals surface area contributed by atoms with Crippen LogP contribution in [-0.4, -0.2) is 72.7 Å². The van der Waals surface area contributed by atoms with Crippen LogP contribution >= 0.6 is 23.2 Å². The van der Waals surface area contributed by atoms with Crippen molar-refractivity contribution < 1.29 is 18.8 Å². The van der Waals surface area contributed by atoms with Crippen molar-refractivity contribution in [1.29, 1.82) is 0 Å². The molecule has 2 heterocycles. The predicted molar refractivity (Wildman–Crippen MR) is 109 cm³/mol. The zero-order valence-corrected chi connectivity index (χ0v) is 17.5. The van der Waals surface area contributed by atoms with Crippen LogP contribution in [0.15, 0.2) is 28.8 Å². The molecule has 1 aromatic heterocycles. The number of benzene rings is 1. The van der Waals surface area contributed by atoms with E-state index in [1.807, 2.05) is 0 Å². The molecule has 8 nitrogen and oxygen atoms in total. The van der Waals surface area contributed by atoms with E-state index in [1.165, 1.54) is 11.0 Å². The van der Waals surface area contributed by atoms with Gasteiger partial charge in [-0.15, -0.1) is 0 Å². The summed E-state index contributed by atoms with van der Waals surface area (Å²) in [5.74, 6) is 0.218. The monoisotopic (exact) mass is 440 g/mol. The molecule has 0 spiro atoms. The normalized spacial score (nSPS) is 14.6. The second kappa shape index (κ2) is 10.1. The highest BCUT2D eigenvalue weighted by Gasteiger charge is 2.22. The fraction of sp³-hybridized carbons (Fsp3) is 0.421. The minimum atomic E-state index is -0.367. The second-order valence-corrected chi connectivity index (χ2v) is 7.49. The lowest BCUT2D eigenvalue weighted by molar-refractivity contribution is -0.117. The van der Waals surface area contributed by atoms with Crippen LogP contribution < -0.4 is 5.32 Å². The number of hydrogen-bond donors (Lipinski definition) is 1.